The number of nitrogens with two attached hydrogens (primary N) is 1. The van der Waals surface area contributed by atoms with Gasteiger partial charge in [0, 0.05) is 11.3 Å². The fourth-order valence-corrected chi connectivity index (χ4v) is 2.74. The number of thioether (sulfide) groups is 1. The lowest BCUT2D eigenvalue weighted by Gasteiger charge is -2.09. The van der Waals surface area contributed by atoms with Crippen LogP contribution in [-0.4, -0.2) is 11.1 Å². The molecule has 2 aromatic rings. The average Bonchev–Trinajstić information content (AvgIpc) is 2.86. The zero-order valence-electron chi connectivity index (χ0n) is 12.1. The Morgan fingerprint density at radius 1 is 1.09 bits per heavy atom. The zero-order chi connectivity index (χ0) is 16.2. The van der Waals surface area contributed by atoms with Gasteiger partial charge in [0.2, 0.25) is 0 Å². The molecule has 2 aromatic carbocycles. The van der Waals surface area contributed by atoms with Crippen molar-refractivity contribution in [2.75, 3.05) is 5.73 Å². The summed E-state index contributed by atoms with van der Waals surface area (Å²) < 4.78 is 5.82. The Bertz CT molecular complexity index is 785. The number of carbonyl (C=O) groups excluding carboxylic acids is 2. The van der Waals surface area contributed by atoms with Crippen LogP contribution in [-0.2, 0) is 11.4 Å². The van der Waals surface area contributed by atoms with Crippen molar-refractivity contribution in [2.24, 2.45) is 0 Å². The summed E-state index contributed by atoms with van der Waals surface area (Å²) in [5, 5.41) is 1.87. The van der Waals surface area contributed by atoms with Crippen molar-refractivity contribution in [2.45, 2.75) is 6.61 Å². The van der Waals surface area contributed by atoms with E-state index in [1.807, 2.05) is 48.5 Å². The molecule has 3 rings (SSSR count). The molecule has 0 aromatic heterocycles. The Balaban J connectivity index is 1.78. The van der Waals surface area contributed by atoms with E-state index in [0.29, 0.717) is 22.9 Å². The molecule has 2 amide bonds. The number of nitrogens with one attached hydrogen (secondary N) is 1. The molecule has 0 radical (unpaired) electrons. The second-order valence-electron chi connectivity index (χ2n) is 4.92. The van der Waals surface area contributed by atoms with Crippen molar-refractivity contribution in [3.8, 4) is 5.75 Å². The summed E-state index contributed by atoms with van der Waals surface area (Å²) in [4.78, 5) is 23.2. The molecule has 23 heavy (non-hydrogen) atoms. The molecule has 6 heteroatoms. The van der Waals surface area contributed by atoms with E-state index in [4.69, 9.17) is 10.5 Å². The van der Waals surface area contributed by atoms with Crippen molar-refractivity contribution in [1.82, 2.24) is 5.32 Å². The van der Waals surface area contributed by atoms with E-state index in [-0.39, 0.29) is 11.1 Å². The molecule has 5 nitrogen and oxygen atoms in total. The molecule has 0 aliphatic carbocycles. The second kappa shape index (κ2) is 6.58. The Morgan fingerprint density at radius 2 is 1.83 bits per heavy atom. The predicted molar refractivity (Wildman–Crippen MR) is 90.7 cm³/mol. The highest BCUT2D eigenvalue weighted by Gasteiger charge is 2.25. The van der Waals surface area contributed by atoms with Crippen LogP contribution in [0, 0.1) is 0 Å². The standard InChI is InChI=1S/C17H14N2O3S/c18-13-7-5-11(6-8-13)10-22-14-4-2-1-3-12(14)9-15-16(20)19-17(21)23-15/h1-9H,10,18H2,(H,19,20,21)/b15-9-. The molecule has 1 heterocycles. The average molecular weight is 326 g/mol. The topological polar surface area (TPSA) is 81.4 Å². The lowest BCUT2D eigenvalue weighted by atomic mass is 10.1. The normalized spacial score (nSPS) is 15.7. The predicted octanol–water partition coefficient (Wildman–Crippen LogP) is 3.17. The summed E-state index contributed by atoms with van der Waals surface area (Å²) >= 11 is 0.885. The Kier molecular flexibility index (Phi) is 4.34. The number of rotatable bonds is 4. The van der Waals surface area contributed by atoms with Crippen LogP contribution < -0.4 is 15.8 Å². The van der Waals surface area contributed by atoms with Crippen molar-refractivity contribution in [3.63, 3.8) is 0 Å². The third-order valence-corrected chi connectivity index (χ3v) is 4.03. The summed E-state index contributed by atoms with van der Waals surface area (Å²) in [6.45, 7) is 0.388. The van der Waals surface area contributed by atoms with E-state index in [2.05, 4.69) is 5.32 Å². The maximum Gasteiger partial charge on any atom is 0.290 e. The van der Waals surface area contributed by atoms with Crippen LogP contribution in [0.1, 0.15) is 11.1 Å². The van der Waals surface area contributed by atoms with Gasteiger partial charge in [0.05, 0.1) is 4.91 Å². The number of nitrogen functional groups attached to an aromatic ring is 1. The van der Waals surface area contributed by atoms with E-state index in [1.165, 1.54) is 0 Å². The van der Waals surface area contributed by atoms with Crippen molar-refractivity contribution >= 4 is 34.7 Å². The molecule has 0 unspecified atom stereocenters. The highest BCUT2D eigenvalue weighted by atomic mass is 32.2. The van der Waals surface area contributed by atoms with Crippen LogP contribution in [0.2, 0.25) is 0 Å². The molecule has 0 spiro atoms. The van der Waals surface area contributed by atoms with Gasteiger partial charge < -0.3 is 10.5 Å². The first-order valence-corrected chi connectivity index (χ1v) is 7.74. The van der Waals surface area contributed by atoms with Crippen molar-refractivity contribution < 1.29 is 14.3 Å². The van der Waals surface area contributed by atoms with Crippen molar-refractivity contribution in [1.29, 1.82) is 0 Å². The molecule has 1 aliphatic rings. The molecular weight excluding hydrogens is 312 g/mol. The minimum Gasteiger partial charge on any atom is -0.488 e. The summed E-state index contributed by atoms with van der Waals surface area (Å²) in [6.07, 6.45) is 1.66. The van der Waals surface area contributed by atoms with Crippen LogP contribution in [0.3, 0.4) is 0 Å². The molecular formula is C17H14N2O3S. The van der Waals surface area contributed by atoms with Gasteiger partial charge in [-0.25, -0.2) is 0 Å². The number of hydrogen-bond donors (Lipinski definition) is 2. The minimum atomic E-state index is -0.381. The zero-order valence-corrected chi connectivity index (χ0v) is 12.9. The lowest BCUT2D eigenvalue weighted by Crippen LogP contribution is -2.17. The van der Waals surface area contributed by atoms with Crippen LogP contribution in [0.25, 0.3) is 6.08 Å². The van der Waals surface area contributed by atoms with Crippen LogP contribution in [0.15, 0.2) is 53.4 Å². The molecule has 0 saturated carbocycles. The smallest absolute Gasteiger partial charge is 0.290 e. The summed E-state index contributed by atoms with van der Waals surface area (Å²) in [7, 11) is 0. The molecule has 1 fully saturated rings. The number of carbonyl (C=O) groups is 2. The fourth-order valence-electron chi connectivity index (χ4n) is 2.07. The van der Waals surface area contributed by atoms with E-state index in [1.54, 1.807) is 6.08 Å². The van der Waals surface area contributed by atoms with Crippen LogP contribution in [0.5, 0.6) is 5.75 Å². The van der Waals surface area contributed by atoms with Gasteiger partial charge >= 0.3 is 0 Å². The number of hydrogen-bond acceptors (Lipinski definition) is 5. The van der Waals surface area contributed by atoms with Gasteiger partial charge in [0.25, 0.3) is 11.1 Å². The number of imide groups is 1. The van der Waals surface area contributed by atoms with Gasteiger partial charge in [-0.05, 0) is 41.6 Å². The maximum absolute atomic E-state index is 11.6. The summed E-state index contributed by atoms with van der Waals surface area (Å²) in [6, 6.07) is 14.8. The monoisotopic (exact) mass is 326 g/mol. The van der Waals surface area contributed by atoms with Crippen molar-refractivity contribution in [3.05, 3.63) is 64.6 Å². The highest BCUT2D eigenvalue weighted by Crippen LogP contribution is 2.29. The van der Waals surface area contributed by atoms with Gasteiger partial charge in [-0.2, -0.15) is 0 Å². The first-order chi connectivity index (χ1) is 11.1. The van der Waals surface area contributed by atoms with E-state index in [0.717, 1.165) is 22.9 Å². The van der Waals surface area contributed by atoms with E-state index in [9.17, 15) is 9.59 Å². The molecule has 0 atom stereocenters. The third-order valence-electron chi connectivity index (χ3n) is 3.22. The maximum atomic E-state index is 11.6. The number of amides is 2. The number of anilines is 1. The molecule has 1 saturated heterocycles. The van der Waals surface area contributed by atoms with E-state index >= 15 is 0 Å². The SMILES string of the molecule is Nc1ccc(COc2ccccc2/C=C2\SC(=O)NC2=O)cc1. The van der Waals surface area contributed by atoms with Gasteiger partial charge in [-0.1, -0.05) is 30.3 Å². The number of benzene rings is 2. The first kappa shape index (κ1) is 15.2. The lowest BCUT2D eigenvalue weighted by molar-refractivity contribution is -0.115. The highest BCUT2D eigenvalue weighted by molar-refractivity contribution is 8.18. The summed E-state index contributed by atoms with van der Waals surface area (Å²) in [5.74, 6) is 0.262. The van der Waals surface area contributed by atoms with Gasteiger partial charge in [-0.15, -0.1) is 0 Å². The quantitative estimate of drug-likeness (QED) is 0.666. The molecule has 3 N–H and O–H groups in total. The number of para-hydroxylation sites is 1. The van der Waals surface area contributed by atoms with Gasteiger partial charge in [0.1, 0.15) is 12.4 Å². The Labute approximate surface area is 137 Å². The fraction of sp³-hybridized carbons (Fsp3) is 0.0588. The summed E-state index contributed by atoms with van der Waals surface area (Å²) in [5.41, 5.74) is 8.10. The van der Waals surface area contributed by atoms with Crippen LogP contribution in [0.4, 0.5) is 10.5 Å². The third kappa shape index (κ3) is 3.73. The van der Waals surface area contributed by atoms with E-state index < -0.39 is 0 Å². The molecule has 1 aliphatic heterocycles. The largest absolute Gasteiger partial charge is 0.488 e. The van der Waals surface area contributed by atoms with Gasteiger partial charge in [-0.3, -0.25) is 14.9 Å². The minimum absolute atomic E-state index is 0.360. The number of ether oxygens (including phenoxy) is 1. The first-order valence-electron chi connectivity index (χ1n) is 6.93. The Hall–Kier alpha value is -2.73. The second-order valence-corrected chi connectivity index (χ2v) is 5.94. The van der Waals surface area contributed by atoms with Crippen LogP contribution >= 0.6 is 11.8 Å². The molecule has 116 valence electrons. The molecule has 0 bridgehead atoms. The Morgan fingerprint density at radius 3 is 2.52 bits per heavy atom. The van der Waals surface area contributed by atoms with Gasteiger partial charge in [0.15, 0.2) is 0 Å².